The molecule has 0 atom stereocenters. The molecule has 12 heavy (non-hydrogen) atoms. The highest BCUT2D eigenvalue weighted by atomic mass is 127. The van der Waals surface area contributed by atoms with Crippen LogP contribution in [0.1, 0.15) is 6.42 Å². The summed E-state index contributed by atoms with van der Waals surface area (Å²) in [4.78, 5) is 0. The van der Waals surface area contributed by atoms with Crippen LogP contribution in [0, 0.1) is 3.57 Å². The summed E-state index contributed by atoms with van der Waals surface area (Å²) in [6.45, 7) is 4.34. The van der Waals surface area contributed by atoms with Crippen molar-refractivity contribution in [2.24, 2.45) is 0 Å². The Morgan fingerprint density at radius 1 is 1.42 bits per heavy atom. The lowest BCUT2D eigenvalue weighted by Crippen LogP contribution is -1.96. The fourth-order valence-corrected chi connectivity index (χ4v) is 1.36. The number of para-hydroxylation sites is 1. The van der Waals surface area contributed by atoms with Gasteiger partial charge in [0.1, 0.15) is 5.75 Å². The Morgan fingerprint density at radius 3 is 2.83 bits per heavy atom. The zero-order chi connectivity index (χ0) is 8.81. The maximum absolute atomic E-state index is 5.50. The third kappa shape index (κ3) is 2.85. The van der Waals surface area contributed by atoms with Crippen molar-refractivity contribution in [3.05, 3.63) is 40.5 Å². The molecule has 0 aliphatic rings. The first-order valence-corrected chi connectivity index (χ1v) is 4.90. The van der Waals surface area contributed by atoms with Crippen LogP contribution in [0.25, 0.3) is 0 Å². The Balaban J connectivity index is 2.51. The van der Waals surface area contributed by atoms with Gasteiger partial charge in [0.25, 0.3) is 0 Å². The number of benzene rings is 1. The third-order valence-corrected chi connectivity index (χ3v) is 2.31. The first-order valence-electron chi connectivity index (χ1n) is 3.83. The van der Waals surface area contributed by atoms with Crippen molar-refractivity contribution in [1.29, 1.82) is 0 Å². The van der Waals surface area contributed by atoms with E-state index in [4.69, 9.17) is 4.74 Å². The molecule has 0 unspecified atom stereocenters. The number of hydrogen-bond donors (Lipinski definition) is 0. The molecule has 0 N–H and O–H groups in total. The molecule has 64 valence electrons. The molecule has 1 rings (SSSR count). The van der Waals surface area contributed by atoms with Crippen molar-refractivity contribution in [3.63, 3.8) is 0 Å². The highest BCUT2D eigenvalue weighted by Gasteiger charge is 1.96. The van der Waals surface area contributed by atoms with Gasteiger partial charge in [0.05, 0.1) is 10.2 Å². The van der Waals surface area contributed by atoms with Crippen LogP contribution in [0.3, 0.4) is 0 Å². The van der Waals surface area contributed by atoms with Crippen LogP contribution in [0.5, 0.6) is 5.75 Å². The highest BCUT2D eigenvalue weighted by Crippen LogP contribution is 2.19. The molecule has 0 aliphatic carbocycles. The molecule has 1 aromatic carbocycles. The monoisotopic (exact) mass is 274 g/mol. The second-order valence-corrected chi connectivity index (χ2v) is 3.52. The molecule has 1 aromatic rings. The Bertz CT molecular complexity index is 258. The number of hydrogen-bond acceptors (Lipinski definition) is 1. The molecule has 0 fully saturated rings. The van der Waals surface area contributed by atoms with E-state index in [1.807, 2.05) is 30.3 Å². The highest BCUT2D eigenvalue weighted by molar-refractivity contribution is 14.1. The zero-order valence-corrected chi connectivity index (χ0v) is 8.95. The van der Waals surface area contributed by atoms with Crippen molar-refractivity contribution in [2.45, 2.75) is 6.42 Å². The van der Waals surface area contributed by atoms with Gasteiger partial charge in [-0.25, -0.2) is 0 Å². The van der Waals surface area contributed by atoms with Crippen LogP contribution in [0.2, 0.25) is 0 Å². The number of halogens is 1. The van der Waals surface area contributed by atoms with E-state index in [-0.39, 0.29) is 0 Å². The molecular formula is C10H11IO. The summed E-state index contributed by atoms with van der Waals surface area (Å²) in [5.74, 6) is 0.958. The minimum Gasteiger partial charge on any atom is -0.492 e. The molecule has 0 aromatic heterocycles. The Hall–Kier alpha value is -0.510. The quantitative estimate of drug-likeness (QED) is 0.465. The van der Waals surface area contributed by atoms with Gasteiger partial charge in [-0.15, -0.1) is 6.58 Å². The maximum atomic E-state index is 5.50. The average molecular weight is 274 g/mol. The predicted octanol–water partition coefficient (Wildman–Crippen LogP) is 3.25. The van der Waals surface area contributed by atoms with Crippen molar-refractivity contribution in [2.75, 3.05) is 6.61 Å². The van der Waals surface area contributed by atoms with E-state index in [9.17, 15) is 0 Å². The summed E-state index contributed by atoms with van der Waals surface area (Å²) in [6.07, 6.45) is 2.75. The van der Waals surface area contributed by atoms with Gasteiger partial charge in [-0.1, -0.05) is 18.2 Å². The molecule has 0 saturated heterocycles. The van der Waals surface area contributed by atoms with E-state index in [1.165, 1.54) is 0 Å². The lowest BCUT2D eigenvalue weighted by atomic mass is 10.3. The largest absolute Gasteiger partial charge is 0.492 e. The first-order chi connectivity index (χ1) is 5.84. The molecule has 0 bridgehead atoms. The van der Waals surface area contributed by atoms with Gasteiger partial charge in [0.15, 0.2) is 0 Å². The molecular weight excluding hydrogens is 263 g/mol. The van der Waals surface area contributed by atoms with Gasteiger partial charge in [-0.05, 0) is 41.1 Å². The summed E-state index contributed by atoms with van der Waals surface area (Å²) in [5.41, 5.74) is 0. The fourth-order valence-electron chi connectivity index (χ4n) is 0.814. The van der Waals surface area contributed by atoms with Crippen LogP contribution >= 0.6 is 22.6 Å². The molecule has 0 heterocycles. The van der Waals surface area contributed by atoms with Gasteiger partial charge in [-0.2, -0.15) is 0 Å². The average Bonchev–Trinajstić information content (AvgIpc) is 2.09. The van der Waals surface area contributed by atoms with Crippen molar-refractivity contribution >= 4 is 22.6 Å². The molecule has 0 amide bonds. The van der Waals surface area contributed by atoms with E-state index in [1.54, 1.807) is 0 Å². The van der Waals surface area contributed by atoms with E-state index in [0.29, 0.717) is 6.61 Å². The second kappa shape index (κ2) is 5.19. The first kappa shape index (κ1) is 9.58. The topological polar surface area (TPSA) is 9.23 Å². The number of ether oxygens (including phenoxy) is 1. The summed E-state index contributed by atoms with van der Waals surface area (Å²) in [5, 5.41) is 0. The van der Waals surface area contributed by atoms with Gasteiger partial charge in [0, 0.05) is 0 Å². The van der Waals surface area contributed by atoms with Crippen LogP contribution in [0.15, 0.2) is 36.9 Å². The van der Waals surface area contributed by atoms with Crippen LogP contribution in [-0.4, -0.2) is 6.61 Å². The van der Waals surface area contributed by atoms with E-state index < -0.39 is 0 Å². The van der Waals surface area contributed by atoms with Gasteiger partial charge < -0.3 is 4.74 Å². The van der Waals surface area contributed by atoms with Gasteiger partial charge in [-0.3, -0.25) is 0 Å². The second-order valence-electron chi connectivity index (χ2n) is 2.36. The van der Waals surface area contributed by atoms with Crippen molar-refractivity contribution in [1.82, 2.24) is 0 Å². The normalized spacial score (nSPS) is 9.42. The third-order valence-electron chi connectivity index (χ3n) is 1.42. The lowest BCUT2D eigenvalue weighted by Gasteiger charge is -2.05. The van der Waals surface area contributed by atoms with Crippen molar-refractivity contribution < 1.29 is 4.74 Å². The van der Waals surface area contributed by atoms with Crippen LogP contribution in [0.4, 0.5) is 0 Å². The van der Waals surface area contributed by atoms with E-state index in [0.717, 1.165) is 15.7 Å². The summed E-state index contributed by atoms with van der Waals surface area (Å²) < 4.78 is 6.65. The Labute approximate surface area is 86.6 Å². The molecule has 1 nitrogen and oxygen atoms in total. The van der Waals surface area contributed by atoms with Crippen LogP contribution < -0.4 is 4.74 Å². The van der Waals surface area contributed by atoms with Crippen LogP contribution in [-0.2, 0) is 0 Å². The molecule has 0 spiro atoms. The lowest BCUT2D eigenvalue weighted by molar-refractivity contribution is 0.323. The van der Waals surface area contributed by atoms with Crippen molar-refractivity contribution in [3.8, 4) is 5.75 Å². The molecule has 0 aliphatic heterocycles. The fraction of sp³-hybridized carbons (Fsp3) is 0.200. The SMILES string of the molecule is C=CCCOc1ccccc1I. The molecule has 2 heteroatoms. The van der Waals surface area contributed by atoms with E-state index in [2.05, 4.69) is 29.2 Å². The van der Waals surface area contributed by atoms with Gasteiger partial charge >= 0.3 is 0 Å². The minimum atomic E-state index is 0.712. The predicted molar refractivity (Wildman–Crippen MR) is 59.5 cm³/mol. The summed E-state index contributed by atoms with van der Waals surface area (Å²) in [7, 11) is 0. The smallest absolute Gasteiger partial charge is 0.132 e. The minimum absolute atomic E-state index is 0.712. The molecule has 0 radical (unpaired) electrons. The standard InChI is InChI=1S/C10H11IO/c1-2-3-8-12-10-7-5-4-6-9(10)11/h2,4-7H,1,3,8H2. The Kier molecular flexibility index (Phi) is 4.14. The zero-order valence-electron chi connectivity index (χ0n) is 6.79. The summed E-state index contributed by atoms with van der Waals surface area (Å²) in [6, 6.07) is 7.99. The maximum Gasteiger partial charge on any atom is 0.132 e. The summed E-state index contributed by atoms with van der Waals surface area (Å²) >= 11 is 2.26. The van der Waals surface area contributed by atoms with Gasteiger partial charge in [0.2, 0.25) is 0 Å². The Morgan fingerprint density at radius 2 is 2.17 bits per heavy atom. The molecule has 0 saturated carbocycles. The number of rotatable bonds is 4. The van der Waals surface area contributed by atoms with E-state index >= 15 is 0 Å².